The van der Waals surface area contributed by atoms with Gasteiger partial charge in [-0.1, -0.05) is 11.6 Å². The van der Waals surface area contributed by atoms with E-state index in [9.17, 15) is 9.59 Å². The number of aromatic nitrogens is 3. The highest BCUT2D eigenvalue weighted by Gasteiger charge is 2.28. The zero-order valence-electron chi connectivity index (χ0n) is 19.4. The molecule has 3 aromatic rings. The molecule has 35 heavy (non-hydrogen) atoms. The first-order valence-corrected chi connectivity index (χ1v) is 14.1. The predicted octanol–water partition coefficient (Wildman–Crippen LogP) is 4.55. The Bertz CT molecular complexity index is 1160. The molecule has 11 heteroatoms. The number of amides is 2. The molecule has 5 rings (SSSR count). The Morgan fingerprint density at radius 3 is 2.66 bits per heavy atom. The van der Waals surface area contributed by atoms with Crippen LogP contribution in [0.25, 0.3) is 0 Å². The minimum Gasteiger partial charge on any atom is -0.378 e. The highest BCUT2D eigenvalue weighted by molar-refractivity contribution is 7.16. The van der Waals surface area contributed by atoms with Gasteiger partial charge >= 0.3 is 6.03 Å². The molecule has 5 heterocycles. The lowest BCUT2D eigenvalue weighted by Crippen LogP contribution is -2.48. The number of thiophene rings is 1. The summed E-state index contributed by atoms with van der Waals surface area (Å²) in [6.07, 6.45) is 4.16. The second-order valence-electron chi connectivity index (χ2n) is 8.85. The van der Waals surface area contributed by atoms with Gasteiger partial charge in [-0.2, -0.15) is 9.78 Å². The lowest BCUT2D eigenvalue weighted by molar-refractivity contribution is 0.0435. The van der Waals surface area contributed by atoms with Gasteiger partial charge in [0.1, 0.15) is 5.69 Å². The van der Waals surface area contributed by atoms with Gasteiger partial charge in [-0.25, -0.2) is 9.78 Å². The van der Waals surface area contributed by atoms with Crippen LogP contribution in [0.15, 0.2) is 29.1 Å². The van der Waals surface area contributed by atoms with Gasteiger partial charge in [-0.15, -0.1) is 22.7 Å². The third-order valence-electron chi connectivity index (χ3n) is 6.60. The average Bonchev–Trinajstić information content (AvgIpc) is 3.61. The number of carbonyl (C=O) groups is 2. The number of aryl methyl sites for hydroxylation is 2. The van der Waals surface area contributed by atoms with E-state index >= 15 is 0 Å². The zero-order chi connectivity index (χ0) is 24.2. The molecule has 0 N–H and O–H groups in total. The van der Waals surface area contributed by atoms with Crippen molar-refractivity contribution in [2.24, 2.45) is 0 Å². The van der Waals surface area contributed by atoms with Crippen molar-refractivity contribution >= 4 is 46.2 Å². The van der Waals surface area contributed by atoms with Crippen molar-refractivity contribution in [3.63, 3.8) is 0 Å². The van der Waals surface area contributed by atoms with Crippen molar-refractivity contribution < 1.29 is 14.3 Å². The van der Waals surface area contributed by atoms with Crippen molar-refractivity contribution in [3.8, 4) is 0 Å². The smallest absolute Gasteiger partial charge is 0.320 e. The Morgan fingerprint density at radius 2 is 1.91 bits per heavy atom. The number of rotatable bonds is 5. The highest BCUT2D eigenvalue weighted by Crippen LogP contribution is 2.30. The van der Waals surface area contributed by atoms with Gasteiger partial charge in [0.2, 0.25) is 0 Å². The summed E-state index contributed by atoms with van der Waals surface area (Å²) < 4.78 is 7.68. The molecule has 2 aliphatic rings. The first kappa shape index (κ1) is 24.4. The number of hydrogen-bond donors (Lipinski definition) is 0. The Kier molecular flexibility index (Phi) is 7.81. The topological polar surface area (TPSA) is 80.6 Å². The van der Waals surface area contributed by atoms with E-state index in [1.54, 1.807) is 22.2 Å². The molecule has 2 fully saturated rings. The number of urea groups is 1. The maximum Gasteiger partial charge on any atom is 0.320 e. The fourth-order valence-electron chi connectivity index (χ4n) is 4.70. The minimum atomic E-state index is -0.200. The molecule has 0 bridgehead atoms. The van der Waals surface area contributed by atoms with Gasteiger partial charge in [0, 0.05) is 48.0 Å². The number of carbonyl (C=O) groups excluding carboxylic acids is 2. The van der Waals surface area contributed by atoms with Crippen LogP contribution in [0.2, 0.25) is 4.34 Å². The molecule has 0 aliphatic carbocycles. The molecular weight excluding hydrogens is 506 g/mol. The summed E-state index contributed by atoms with van der Waals surface area (Å²) in [7, 11) is 0. The molecule has 2 amide bonds. The fourth-order valence-corrected chi connectivity index (χ4v) is 6.31. The Morgan fingerprint density at radius 1 is 1.09 bits per heavy atom. The molecule has 0 spiro atoms. The lowest BCUT2D eigenvalue weighted by atomic mass is 9.96. The number of likely N-dealkylation sites (tertiary alicyclic amines) is 1. The first-order chi connectivity index (χ1) is 17.1. The van der Waals surface area contributed by atoms with E-state index in [2.05, 4.69) is 11.1 Å². The monoisotopic (exact) mass is 533 g/mol. The van der Waals surface area contributed by atoms with Gasteiger partial charge in [0.05, 0.1) is 28.8 Å². The summed E-state index contributed by atoms with van der Waals surface area (Å²) >= 11 is 9.06. The summed E-state index contributed by atoms with van der Waals surface area (Å²) in [5.74, 6) is 0.00589. The van der Waals surface area contributed by atoms with E-state index in [1.165, 1.54) is 20.9 Å². The molecule has 1 unspecified atom stereocenters. The molecule has 8 nitrogen and oxygen atoms in total. The Labute approximate surface area is 217 Å². The van der Waals surface area contributed by atoms with Crippen molar-refractivity contribution in [1.82, 2.24) is 24.6 Å². The number of ether oxygens (including phenoxy) is 1. The first-order valence-electron chi connectivity index (χ1n) is 12.0. The summed E-state index contributed by atoms with van der Waals surface area (Å²) in [5.41, 5.74) is 3.88. The van der Waals surface area contributed by atoms with Crippen LogP contribution in [0.1, 0.15) is 51.9 Å². The minimum absolute atomic E-state index is 0.105. The molecule has 2 saturated heterocycles. The van der Waals surface area contributed by atoms with Crippen LogP contribution in [-0.2, 0) is 17.6 Å². The van der Waals surface area contributed by atoms with Gasteiger partial charge < -0.3 is 14.5 Å². The average molecular weight is 534 g/mol. The third kappa shape index (κ3) is 5.77. The van der Waals surface area contributed by atoms with E-state index in [0.717, 1.165) is 48.0 Å². The van der Waals surface area contributed by atoms with E-state index in [1.807, 2.05) is 21.9 Å². The summed E-state index contributed by atoms with van der Waals surface area (Å²) in [6.45, 7) is 3.95. The predicted molar refractivity (Wildman–Crippen MR) is 137 cm³/mol. The van der Waals surface area contributed by atoms with Gasteiger partial charge in [-0.05, 0) is 50.3 Å². The van der Waals surface area contributed by atoms with Crippen LogP contribution in [0.4, 0.5) is 4.79 Å². The van der Waals surface area contributed by atoms with Crippen molar-refractivity contribution in [2.45, 2.75) is 38.0 Å². The van der Waals surface area contributed by atoms with Crippen LogP contribution in [-0.4, -0.2) is 75.9 Å². The standard InChI is InChI=1S/C24H28ClN5O3S2/c25-22-6-5-19(35-22)4-3-18-14-20(27-30(18)23(31)21-15-34-16-26-21)17-2-1-8-28(9-7-17)24(32)29-10-12-33-13-11-29/h5-6,14-17H,1-4,7-13H2. The second-order valence-corrected chi connectivity index (χ2v) is 11.4. The number of hydrogen-bond acceptors (Lipinski definition) is 7. The molecular formula is C24H28ClN5O3S2. The quantitative estimate of drug-likeness (QED) is 0.480. The van der Waals surface area contributed by atoms with Crippen LogP contribution in [0, 0.1) is 0 Å². The lowest BCUT2D eigenvalue weighted by Gasteiger charge is -2.32. The normalized spacial score (nSPS) is 19.1. The SMILES string of the molecule is O=C(N1CCOCC1)N1CCCC(c2cc(CCc3ccc(Cl)s3)n(C(=O)c3cscn3)n2)CC1. The van der Waals surface area contributed by atoms with Gasteiger partial charge in [0.25, 0.3) is 5.91 Å². The molecule has 0 aromatic carbocycles. The Balaban J connectivity index is 1.32. The molecule has 0 saturated carbocycles. The van der Waals surface area contributed by atoms with Crippen molar-refractivity contribution in [1.29, 1.82) is 0 Å². The highest BCUT2D eigenvalue weighted by atomic mass is 35.5. The van der Waals surface area contributed by atoms with Crippen LogP contribution >= 0.6 is 34.3 Å². The fraction of sp³-hybridized carbons (Fsp3) is 0.500. The molecule has 1 atom stereocenters. The van der Waals surface area contributed by atoms with E-state index in [0.29, 0.717) is 45.0 Å². The molecule has 2 aliphatic heterocycles. The van der Waals surface area contributed by atoms with Gasteiger partial charge in [0.15, 0.2) is 0 Å². The van der Waals surface area contributed by atoms with E-state index in [-0.39, 0.29) is 17.9 Å². The summed E-state index contributed by atoms with van der Waals surface area (Å²) in [4.78, 5) is 35.4. The zero-order valence-corrected chi connectivity index (χ0v) is 21.8. The van der Waals surface area contributed by atoms with Crippen LogP contribution < -0.4 is 0 Å². The van der Waals surface area contributed by atoms with Crippen LogP contribution in [0.5, 0.6) is 0 Å². The number of morpholine rings is 1. The molecule has 0 radical (unpaired) electrons. The number of thiazole rings is 1. The second kappa shape index (κ2) is 11.2. The van der Waals surface area contributed by atoms with E-state index in [4.69, 9.17) is 21.4 Å². The van der Waals surface area contributed by atoms with Crippen molar-refractivity contribution in [2.75, 3.05) is 39.4 Å². The molecule has 186 valence electrons. The summed E-state index contributed by atoms with van der Waals surface area (Å²) in [5, 5.41) is 6.54. The number of nitrogens with zero attached hydrogens (tertiary/aromatic N) is 5. The van der Waals surface area contributed by atoms with Crippen LogP contribution in [0.3, 0.4) is 0 Å². The molecule has 3 aromatic heterocycles. The Hall–Kier alpha value is -2.27. The summed E-state index contributed by atoms with van der Waals surface area (Å²) in [6, 6.07) is 6.11. The largest absolute Gasteiger partial charge is 0.378 e. The third-order valence-corrected chi connectivity index (χ3v) is 8.48. The van der Waals surface area contributed by atoms with Gasteiger partial charge in [-0.3, -0.25) is 4.79 Å². The maximum atomic E-state index is 13.2. The maximum absolute atomic E-state index is 13.2. The van der Waals surface area contributed by atoms with Crippen molar-refractivity contribution in [3.05, 3.63) is 55.4 Å². The number of halogens is 1. The van der Waals surface area contributed by atoms with E-state index < -0.39 is 0 Å².